The minimum atomic E-state index is -4.49. The summed E-state index contributed by atoms with van der Waals surface area (Å²) in [6.45, 7) is 10.2. The normalized spacial score (nSPS) is 42.6. The Morgan fingerprint density at radius 2 is 1.76 bits per heavy atom. The number of ketones is 1. The van der Waals surface area contributed by atoms with Gasteiger partial charge in [0.1, 0.15) is 5.78 Å². The lowest BCUT2D eigenvalue weighted by atomic mass is 9.44. The Bertz CT molecular complexity index is 1240. The van der Waals surface area contributed by atoms with Gasteiger partial charge in [0.05, 0.1) is 11.2 Å². The van der Waals surface area contributed by atoms with Crippen molar-refractivity contribution in [1.82, 2.24) is 9.80 Å². The van der Waals surface area contributed by atoms with Crippen LogP contribution in [0.25, 0.3) is 0 Å². The molecule has 1 aliphatic heterocycles. The van der Waals surface area contributed by atoms with Gasteiger partial charge in [0.15, 0.2) is 0 Å². The molecule has 5 fully saturated rings. The van der Waals surface area contributed by atoms with Crippen LogP contribution in [0.1, 0.15) is 101 Å². The lowest BCUT2D eigenvalue weighted by Gasteiger charge is -2.61. The fourth-order valence-electron chi connectivity index (χ4n) is 10.3. The maximum Gasteiger partial charge on any atom is 0.416 e. The lowest BCUT2D eigenvalue weighted by molar-refractivity contribution is -0.159. The smallest absolute Gasteiger partial charge is 0.389 e. The van der Waals surface area contributed by atoms with E-state index in [1.54, 1.807) is 4.90 Å². The number of fused-ring (bicyclic) bond motifs is 5. The van der Waals surface area contributed by atoms with Crippen molar-refractivity contribution < 1.29 is 27.9 Å². The molecule has 1 heterocycles. The Morgan fingerprint density at radius 3 is 2.50 bits per heavy atom. The van der Waals surface area contributed by atoms with Crippen molar-refractivity contribution >= 4 is 11.7 Å². The molecule has 232 valence electrons. The van der Waals surface area contributed by atoms with Gasteiger partial charge in [0.2, 0.25) is 0 Å². The first-order valence-electron chi connectivity index (χ1n) is 16.1. The predicted octanol–water partition coefficient (Wildman–Crippen LogP) is 6.58. The van der Waals surface area contributed by atoms with Crippen LogP contribution in [-0.4, -0.2) is 63.9 Å². The number of rotatable bonds is 3. The van der Waals surface area contributed by atoms with Crippen molar-refractivity contribution in [3.05, 3.63) is 35.4 Å². The van der Waals surface area contributed by atoms with E-state index in [0.717, 1.165) is 69.9 Å². The third-order valence-electron chi connectivity index (χ3n) is 12.8. The fourth-order valence-corrected chi connectivity index (χ4v) is 10.3. The van der Waals surface area contributed by atoms with Gasteiger partial charge < -0.3 is 10.0 Å². The van der Waals surface area contributed by atoms with Crippen molar-refractivity contribution in [3.8, 4) is 0 Å². The van der Waals surface area contributed by atoms with Gasteiger partial charge in [-0.05, 0) is 112 Å². The van der Waals surface area contributed by atoms with Crippen LogP contribution in [0.5, 0.6) is 0 Å². The molecule has 0 aromatic heterocycles. The summed E-state index contributed by atoms with van der Waals surface area (Å²) in [4.78, 5) is 30.0. The third-order valence-corrected chi connectivity index (χ3v) is 12.8. The van der Waals surface area contributed by atoms with E-state index in [1.165, 1.54) is 12.1 Å². The second kappa shape index (κ2) is 10.3. The molecule has 8 heteroatoms. The molecule has 1 aromatic rings. The molecule has 1 N–H and O–H groups in total. The van der Waals surface area contributed by atoms with Crippen LogP contribution in [0.15, 0.2) is 24.3 Å². The van der Waals surface area contributed by atoms with Crippen LogP contribution in [-0.2, 0) is 11.0 Å². The first kappa shape index (κ1) is 30.1. The number of piperazine rings is 1. The number of β-amino-alcohol motifs (C(OH)–C–C–N with tert-alkyl or cyclic N) is 1. The van der Waals surface area contributed by atoms with Crippen LogP contribution in [0.3, 0.4) is 0 Å². The summed E-state index contributed by atoms with van der Waals surface area (Å²) in [6.07, 6.45) is 4.29. The number of carbonyl (C=O) groups excluding carboxylic acids is 2. The Hall–Kier alpha value is -1.93. The summed E-state index contributed by atoms with van der Waals surface area (Å²) in [7, 11) is 0. The van der Waals surface area contributed by atoms with Gasteiger partial charge >= 0.3 is 6.18 Å². The zero-order chi connectivity index (χ0) is 30.2. The van der Waals surface area contributed by atoms with E-state index < -0.39 is 17.3 Å². The molecule has 4 saturated carbocycles. The first-order chi connectivity index (χ1) is 19.6. The molecule has 0 bridgehead atoms. The molecular weight excluding hydrogens is 541 g/mol. The third kappa shape index (κ3) is 4.92. The van der Waals surface area contributed by atoms with Gasteiger partial charge in [-0.2, -0.15) is 13.2 Å². The Labute approximate surface area is 248 Å². The van der Waals surface area contributed by atoms with Gasteiger partial charge in [0.25, 0.3) is 5.91 Å². The molecule has 0 spiro atoms. The highest BCUT2D eigenvalue weighted by Crippen LogP contribution is 2.66. The molecule has 1 aromatic carbocycles. The average molecular weight is 589 g/mol. The summed E-state index contributed by atoms with van der Waals surface area (Å²) in [5, 5.41) is 12.0. The van der Waals surface area contributed by atoms with Gasteiger partial charge in [-0.3, -0.25) is 14.5 Å². The molecule has 1 saturated heterocycles. The van der Waals surface area contributed by atoms with E-state index in [1.807, 2.05) is 13.8 Å². The molecular formula is C34H47F3N2O3. The number of amides is 1. The molecule has 0 radical (unpaired) electrons. The molecule has 4 aliphatic carbocycles. The molecule has 5 aliphatic rings. The topological polar surface area (TPSA) is 60.9 Å². The zero-order valence-electron chi connectivity index (χ0n) is 25.6. The van der Waals surface area contributed by atoms with E-state index in [-0.39, 0.29) is 34.4 Å². The minimum Gasteiger partial charge on any atom is -0.389 e. The Balaban J connectivity index is 1.10. The summed E-state index contributed by atoms with van der Waals surface area (Å²) < 4.78 is 39.7. The highest BCUT2D eigenvalue weighted by molar-refractivity contribution is 5.94. The van der Waals surface area contributed by atoms with Crippen LogP contribution >= 0.6 is 0 Å². The van der Waals surface area contributed by atoms with Crippen LogP contribution in [0.2, 0.25) is 0 Å². The fraction of sp³-hybridized carbons (Fsp3) is 0.765. The van der Waals surface area contributed by atoms with E-state index in [4.69, 9.17) is 0 Å². The SMILES string of the molecule is C[C@@H]1CN(C(=O)c2cccc(C(F)(F)F)c2)[C@@H](C)CN1C[C@@]1(O)CC[C@@]2(C)[C@@H](CC[C@@H]3[C@@H]2CC[C@]2(C)C(=O)CC[C@@H]32)C1. The quantitative estimate of drug-likeness (QED) is 0.433. The van der Waals surface area contributed by atoms with Gasteiger partial charge in [-0.1, -0.05) is 19.9 Å². The van der Waals surface area contributed by atoms with Crippen LogP contribution in [0, 0.1) is 34.5 Å². The maximum absolute atomic E-state index is 13.3. The molecule has 9 atom stereocenters. The highest BCUT2D eigenvalue weighted by Gasteiger charge is 2.61. The lowest BCUT2D eigenvalue weighted by Crippen LogP contribution is -2.62. The maximum atomic E-state index is 13.3. The van der Waals surface area contributed by atoms with Crippen molar-refractivity contribution in [3.63, 3.8) is 0 Å². The van der Waals surface area contributed by atoms with E-state index in [0.29, 0.717) is 49.1 Å². The number of aliphatic hydroxyl groups is 1. The zero-order valence-corrected chi connectivity index (χ0v) is 25.6. The van der Waals surface area contributed by atoms with Crippen LogP contribution in [0.4, 0.5) is 13.2 Å². The second-order valence-electron chi connectivity index (χ2n) is 15.2. The number of carbonyl (C=O) groups is 2. The van der Waals surface area contributed by atoms with Gasteiger partial charge in [-0.25, -0.2) is 0 Å². The Morgan fingerprint density at radius 1 is 1.00 bits per heavy atom. The number of hydrogen-bond acceptors (Lipinski definition) is 4. The standard InChI is InChI=1S/C34H47F3N2O3/c1-21-19-39(30(41)23-6-5-7-24(16-23)34(35,36)37)22(2)18-38(21)20-33(42)15-14-31(3)25(17-33)8-9-26-27-10-11-29(40)32(27,4)13-12-28(26)31/h5-7,16,21-22,25-28,42H,8-15,17-20H2,1-4H3/t21-,22+,25+,26+,27+,28+,31+,32+,33-/m1/s1. The molecule has 0 unspecified atom stereocenters. The Kier molecular flexibility index (Phi) is 7.40. The average Bonchev–Trinajstić information content (AvgIpc) is 3.24. The number of hydrogen-bond donors (Lipinski definition) is 1. The minimum absolute atomic E-state index is 0.0139. The predicted molar refractivity (Wildman–Crippen MR) is 155 cm³/mol. The van der Waals surface area contributed by atoms with Crippen molar-refractivity contribution in [2.45, 2.75) is 109 Å². The van der Waals surface area contributed by atoms with Gasteiger partial charge in [0, 0.05) is 49.1 Å². The monoisotopic (exact) mass is 588 g/mol. The highest BCUT2D eigenvalue weighted by atomic mass is 19.4. The summed E-state index contributed by atoms with van der Waals surface area (Å²) >= 11 is 0. The van der Waals surface area contributed by atoms with E-state index >= 15 is 0 Å². The molecule has 6 rings (SSSR count). The number of halogens is 3. The van der Waals surface area contributed by atoms with E-state index in [2.05, 4.69) is 18.7 Å². The number of benzene rings is 1. The molecule has 42 heavy (non-hydrogen) atoms. The number of nitrogens with zero attached hydrogens (tertiary/aromatic N) is 2. The van der Waals surface area contributed by atoms with Gasteiger partial charge in [-0.15, -0.1) is 0 Å². The largest absolute Gasteiger partial charge is 0.416 e. The molecule has 1 amide bonds. The second-order valence-corrected chi connectivity index (χ2v) is 15.2. The molecule has 5 nitrogen and oxygen atoms in total. The van der Waals surface area contributed by atoms with Crippen molar-refractivity contribution in [2.75, 3.05) is 19.6 Å². The first-order valence-corrected chi connectivity index (χ1v) is 16.1. The van der Waals surface area contributed by atoms with Crippen molar-refractivity contribution in [2.24, 2.45) is 34.5 Å². The summed E-state index contributed by atoms with van der Waals surface area (Å²) in [6, 6.07) is 4.49. The number of Topliss-reactive ketones (excluding diaryl/α,β-unsaturated/α-hetero) is 1. The van der Waals surface area contributed by atoms with E-state index in [9.17, 15) is 27.9 Å². The van der Waals surface area contributed by atoms with Crippen molar-refractivity contribution in [1.29, 1.82) is 0 Å². The van der Waals surface area contributed by atoms with Crippen LogP contribution < -0.4 is 0 Å². The summed E-state index contributed by atoms with van der Waals surface area (Å²) in [5.41, 5.74) is -1.45. The number of alkyl halides is 3. The summed E-state index contributed by atoms with van der Waals surface area (Å²) in [5.74, 6) is 2.36.